The SMILES string of the molecule is CC/C(=C\c1ccc(O)c(F)c1)CC[C@H]1OB(O)C[C@H]2C1=C(COC)C[C@H]1C(=O)N(C(=O)OC)C(=O)[C@H]12. The highest BCUT2D eigenvalue weighted by atomic mass is 19.1. The predicted molar refractivity (Wildman–Crippen MR) is 131 cm³/mol. The second kappa shape index (κ2) is 11.2. The summed E-state index contributed by atoms with van der Waals surface area (Å²) in [7, 11) is 1.51. The number of fused-ring (bicyclic) bond motifs is 3. The van der Waals surface area contributed by atoms with Gasteiger partial charge in [-0.25, -0.2) is 9.18 Å². The van der Waals surface area contributed by atoms with Gasteiger partial charge < -0.3 is 24.3 Å². The van der Waals surface area contributed by atoms with Gasteiger partial charge in [0.15, 0.2) is 11.6 Å². The van der Waals surface area contributed by atoms with Crippen LogP contribution in [-0.2, 0) is 23.7 Å². The minimum Gasteiger partial charge on any atom is -0.505 e. The number of hydrogen-bond acceptors (Lipinski definition) is 8. The molecule has 198 valence electrons. The first-order valence-electron chi connectivity index (χ1n) is 12.4. The third kappa shape index (κ3) is 5.21. The Balaban J connectivity index is 1.62. The second-order valence-electron chi connectivity index (χ2n) is 9.64. The van der Waals surface area contributed by atoms with Crippen molar-refractivity contribution in [3.8, 4) is 5.75 Å². The summed E-state index contributed by atoms with van der Waals surface area (Å²) in [5, 5.41) is 20.0. The molecule has 4 rings (SSSR count). The Morgan fingerprint density at radius 3 is 2.68 bits per heavy atom. The van der Waals surface area contributed by atoms with Crippen molar-refractivity contribution in [2.45, 2.75) is 45.0 Å². The number of phenolic OH excluding ortho intramolecular Hbond substituents is 1. The number of phenols is 1. The molecule has 0 aromatic heterocycles. The lowest BCUT2D eigenvalue weighted by Gasteiger charge is -2.43. The number of benzene rings is 1. The fourth-order valence-electron chi connectivity index (χ4n) is 5.86. The van der Waals surface area contributed by atoms with E-state index in [-0.39, 0.29) is 19.3 Å². The topological polar surface area (TPSA) is 123 Å². The Morgan fingerprint density at radius 1 is 1.27 bits per heavy atom. The van der Waals surface area contributed by atoms with Crippen LogP contribution in [0.3, 0.4) is 0 Å². The first kappa shape index (κ1) is 27.0. The van der Waals surface area contributed by atoms with Crippen LogP contribution in [0.2, 0.25) is 6.32 Å². The summed E-state index contributed by atoms with van der Waals surface area (Å²) in [5.74, 6) is -4.32. The summed E-state index contributed by atoms with van der Waals surface area (Å²) in [6.45, 7) is 2.21. The van der Waals surface area contributed by atoms with E-state index in [0.29, 0.717) is 29.7 Å². The fourth-order valence-corrected chi connectivity index (χ4v) is 5.86. The van der Waals surface area contributed by atoms with Gasteiger partial charge >= 0.3 is 13.2 Å². The molecule has 3 aliphatic rings. The molecule has 1 aromatic rings. The molecule has 4 atom stereocenters. The van der Waals surface area contributed by atoms with Gasteiger partial charge in [0.1, 0.15) is 0 Å². The molecule has 2 fully saturated rings. The summed E-state index contributed by atoms with van der Waals surface area (Å²) in [6.07, 6.45) is 2.44. The Bertz CT molecular complexity index is 1150. The molecule has 2 saturated heterocycles. The van der Waals surface area contributed by atoms with Crippen molar-refractivity contribution < 1.29 is 43.0 Å². The molecular weight excluding hydrogens is 484 g/mol. The fraction of sp³-hybridized carbons (Fsp3) is 0.500. The minimum atomic E-state index is -1.14. The van der Waals surface area contributed by atoms with Crippen LogP contribution in [-0.4, -0.2) is 67.0 Å². The van der Waals surface area contributed by atoms with E-state index in [4.69, 9.17) is 9.39 Å². The third-order valence-corrected chi connectivity index (χ3v) is 7.51. The van der Waals surface area contributed by atoms with E-state index in [0.717, 1.165) is 23.8 Å². The van der Waals surface area contributed by atoms with Gasteiger partial charge in [-0.3, -0.25) is 9.59 Å². The molecule has 37 heavy (non-hydrogen) atoms. The maximum Gasteiger partial charge on any atom is 0.455 e. The highest BCUT2D eigenvalue weighted by molar-refractivity contribution is 6.43. The maximum atomic E-state index is 13.8. The van der Waals surface area contributed by atoms with Crippen LogP contribution in [0.1, 0.15) is 38.2 Å². The van der Waals surface area contributed by atoms with Gasteiger partial charge in [-0.1, -0.05) is 24.6 Å². The Hall–Kier alpha value is -3.02. The van der Waals surface area contributed by atoms with E-state index in [1.165, 1.54) is 12.1 Å². The highest BCUT2D eigenvalue weighted by Gasteiger charge is 2.59. The van der Waals surface area contributed by atoms with Gasteiger partial charge in [0.2, 0.25) is 11.8 Å². The molecule has 9 nitrogen and oxygen atoms in total. The number of carbonyl (C=O) groups is 3. The van der Waals surface area contributed by atoms with Gasteiger partial charge in [0.05, 0.1) is 31.7 Å². The molecular formula is C26H31BFNO8. The van der Waals surface area contributed by atoms with Crippen molar-refractivity contribution in [2.24, 2.45) is 17.8 Å². The average Bonchev–Trinajstić information content (AvgIpc) is 3.12. The Morgan fingerprint density at radius 2 is 2.03 bits per heavy atom. The molecule has 2 heterocycles. The van der Waals surface area contributed by atoms with Gasteiger partial charge in [0, 0.05) is 7.11 Å². The van der Waals surface area contributed by atoms with Crippen molar-refractivity contribution in [1.29, 1.82) is 0 Å². The van der Waals surface area contributed by atoms with Crippen molar-refractivity contribution in [3.63, 3.8) is 0 Å². The minimum absolute atomic E-state index is 0.123. The van der Waals surface area contributed by atoms with Gasteiger partial charge in [0.25, 0.3) is 0 Å². The molecule has 0 spiro atoms. The first-order valence-corrected chi connectivity index (χ1v) is 12.4. The Kier molecular flexibility index (Phi) is 8.15. The number of carbonyl (C=O) groups excluding carboxylic acids is 3. The highest BCUT2D eigenvalue weighted by Crippen LogP contribution is 2.50. The van der Waals surface area contributed by atoms with E-state index in [1.807, 2.05) is 13.0 Å². The lowest BCUT2D eigenvalue weighted by Crippen LogP contribution is -2.46. The molecule has 0 radical (unpaired) electrons. The average molecular weight is 515 g/mol. The van der Waals surface area contributed by atoms with E-state index in [9.17, 15) is 28.9 Å². The summed E-state index contributed by atoms with van der Waals surface area (Å²) in [6, 6.07) is 4.19. The summed E-state index contributed by atoms with van der Waals surface area (Å²) in [4.78, 5) is 39.0. The molecule has 0 bridgehead atoms. The quantitative estimate of drug-likeness (QED) is 0.322. The van der Waals surface area contributed by atoms with Crippen LogP contribution in [0.4, 0.5) is 9.18 Å². The van der Waals surface area contributed by atoms with Crippen molar-refractivity contribution in [1.82, 2.24) is 4.90 Å². The normalized spacial score (nSPS) is 25.9. The number of aromatic hydroxyl groups is 1. The van der Waals surface area contributed by atoms with Crippen molar-refractivity contribution in [3.05, 3.63) is 46.3 Å². The van der Waals surface area contributed by atoms with Crippen LogP contribution >= 0.6 is 0 Å². The molecule has 11 heteroatoms. The summed E-state index contributed by atoms with van der Waals surface area (Å²) in [5.41, 5.74) is 3.30. The molecule has 2 aliphatic heterocycles. The Labute approximate surface area is 215 Å². The van der Waals surface area contributed by atoms with Crippen LogP contribution in [0.25, 0.3) is 6.08 Å². The molecule has 0 saturated carbocycles. The number of ether oxygens (including phenoxy) is 2. The van der Waals surface area contributed by atoms with Crippen molar-refractivity contribution in [2.75, 3.05) is 20.8 Å². The number of rotatable bonds is 7. The zero-order valence-electron chi connectivity index (χ0n) is 21.1. The summed E-state index contributed by atoms with van der Waals surface area (Å²) >= 11 is 0. The smallest absolute Gasteiger partial charge is 0.455 e. The molecule has 0 unspecified atom stereocenters. The predicted octanol–water partition coefficient (Wildman–Crippen LogP) is 3.31. The number of amides is 3. The standard InChI is InChI=1S/C26H31BFNO8/c1-4-14(9-15-5-7-20(30)19(28)10-15)6-8-21-22-16(13-35-2)11-17-23(18(22)12-27(34)37-21)25(32)29(24(17)31)26(33)36-3/h5,7,9-10,17-18,21,23,30,34H,4,6,8,11-13H2,1-3H3/b14-9+/t17-,18+,21-,23-/m1/s1. The number of halogens is 1. The van der Waals surface area contributed by atoms with E-state index in [1.54, 1.807) is 13.2 Å². The van der Waals surface area contributed by atoms with Crippen LogP contribution < -0.4 is 0 Å². The van der Waals surface area contributed by atoms with Crippen LogP contribution in [0, 0.1) is 23.6 Å². The molecule has 3 amide bonds. The lowest BCUT2D eigenvalue weighted by molar-refractivity contribution is -0.137. The first-order chi connectivity index (χ1) is 17.7. The number of methoxy groups -OCH3 is 2. The largest absolute Gasteiger partial charge is 0.505 e. The zero-order chi connectivity index (χ0) is 26.9. The number of imide groups is 3. The van der Waals surface area contributed by atoms with Crippen LogP contribution in [0.5, 0.6) is 5.75 Å². The molecule has 2 N–H and O–H groups in total. The third-order valence-electron chi connectivity index (χ3n) is 7.51. The monoisotopic (exact) mass is 515 g/mol. The molecule has 1 aromatic carbocycles. The van der Waals surface area contributed by atoms with Gasteiger partial charge in [-0.05, 0) is 66.8 Å². The number of nitrogens with zero attached hydrogens (tertiary/aromatic N) is 1. The number of allylic oxidation sites excluding steroid dienone is 1. The number of likely N-dealkylation sites (tertiary alicyclic amines) is 1. The lowest BCUT2D eigenvalue weighted by atomic mass is 9.58. The summed E-state index contributed by atoms with van der Waals surface area (Å²) < 4.78 is 29.8. The van der Waals surface area contributed by atoms with E-state index < -0.39 is 60.5 Å². The van der Waals surface area contributed by atoms with Gasteiger partial charge in [-0.2, -0.15) is 4.90 Å². The number of hydrogen-bond donors (Lipinski definition) is 2. The zero-order valence-corrected chi connectivity index (χ0v) is 21.1. The maximum absolute atomic E-state index is 13.8. The van der Waals surface area contributed by atoms with Crippen molar-refractivity contribution >= 4 is 31.1 Å². The second-order valence-corrected chi connectivity index (χ2v) is 9.64. The van der Waals surface area contributed by atoms with Gasteiger partial charge in [-0.15, -0.1) is 0 Å². The molecule has 1 aliphatic carbocycles. The van der Waals surface area contributed by atoms with E-state index >= 15 is 0 Å². The van der Waals surface area contributed by atoms with Crippen LogP contribution in [0.15, 0.2) is 34.9 Å². The van der Waals surface area contributed by atoms with E-state index in [2.05, 4.69) is 4.74 Å².